The van der Waals surface area contributed by atoms with E-state index in [4.69, 9.17) is 11.6 Å². The number of halogens is 1. The Morgan fingerprint density at radius 3 is 2.86 bits per heavy atom. The molecule has 3 nitrogen and oxygen atoms in total. The molecule has 1 aromatic carbocycles. The minimum absolute atomic E-state index is 0.210. The van der Waals surface area contributed by atoms with Crippen molar-refractivity contribution < 1.29 is 4.79 Å². The highest BCUT2D eigenvalue weighted by Crippen LogP contribution is 2.28. The lowest BCUT2D eigenvalue weighted by atomic mass is 9.86. The molecule has 3 rings (SSSR count). The van der Waals surface area contributed by atoms with Crippen LogP contribution < -0.4 is 0 Å². The van der Waals surface area contributed by atoms with Crippen LogP contribution in [0.25, 0.3) is 0 Å². The summed E-state index contributed by atoms with van der Waals surface area (Å²) in [7, 11) is 0. The van der Waals surface area contributed by atoms with E-state index in [9.17, 15) is 4.79 Å². The van der Waals surface area contributed by atoms with Gasteiger partial charge in [-0.15, -0.1) is 0 Å². The predicted octanol–water partition coefficient (Wildman–Crippen LogP) is 4.29. The molecule has 0 atom stereocenters. The first-order valence-corrected chi connectivity index (χ1v) is 8.72. The number of hydrogen-bond acceptors (Lipinski definition) is 2. The molecule has 118 valence electrons. The lowest BCUT2D eigenvalue weighted by Crippen LogP contribution is -2.35. The lowest BCUT2D eigenvalue weighted by molar-refractivity contribution is -0.127. The van der Waals surface area contributed by atoms with Gasteiger partial charge in [0, 0.05) is 23.6 Å². The number of amidine groups is 1. The van der Waals surface area contributed by atoms with Crippen LogP contribution in [-0.2, 0) is 4.79 Å². The van der Waals surface area contributed by atoms with Crippen molar-refractivity contribution in [1.29, 1.82) is 0 Å². The first-order valence-electron chi connectivity index (χ1n) is 8.35. The third kappa shape index (κ3) is 3.70. The van der Waals surface area contributed by atoms with Crippen LogP contribution >= 0.6 is 11.6 Å². The van der Waals surface area contributed by atoms with Gasteiger partial charge in [0.15, 0.2) is 0 Å². The first-order chi connectivity index (χ1) is 10.7. The van der Waals surface area contributed by atoms with Crippen LogP contribution in [0.5, 0.6) is 0 Å². The van der Waals surface area contributed by atoms with Crippen LogP contribution in [0.3, 0.4) is 0 Å². The summed E-state index contributed by atoms with van der Waals surface area (Å²) < 4.78 is 0. The zero-order valence-corrected chi connectivity index (χ0v) is 13.7. The highest BCUT2D eigenvalue weighted by Gasteiger charge is 2.25. The van der Waals surface area contributed by atoms with Crippen LogP contribution in [0.4, 0.5) is 0 Å². The number of amides is 1. The van der Waals surface area contributed by atoms with Crippen LogP contribution in [0.15, 0.2) is 29.3 Å². The van der Waals surface area contributed by atoms with E-state index in [0.717, 1.165) is 23.7 Å². The van der Waals surface area contributed by atoms with E-state index in [1.165, 1.54) is 32.1 Å². The number of carbonyl (C=O) groups is 1. The second-order valence-corrected chi connectivity index (χ2v) is 6.74. The molecule has 0 aromatic heterocycles. The summed E-state index contributed by atoms with van der Waals surface area (Å²) in [6.07, 6.45) is 8.28. The average Bonchev–Trinajstić information content (AvgIpc) is 3.03. The van der Waals surface area contributed by atoms with Gasteiger partial charge < -0.3 is 0 Å². The SMILES string of the molecule is O=C(CCC1CCCCC1)N1CCN=C1c1cccc(Cl)c1. The number of rotatable bonds is 4. The van der Waals surface area contributed by atoms with Crippen molar-refractivity contribution in [3.63, 3.8) is 0 Å². The molecule has 1 fully saturated rings. The Balaban J connectivity index is 1.61. The highest BCUT2D eigenvalue weighted by atomic mass is 35.5. The summed E-state index contributed by atoms with van der Waals surface area (Å²) in [5.41, 5.74) is 0.941. The zero-order chi connectivity index (χ0) is 15.4. The highest BCUT2D eigenvalue weighted by molar-refractivity contribution is 6.31. The van der Waals surface area contributed by atoms with Gasteiger partial charge in [-0.1, -0.05) is 55.8 Å². The zero-order valence-electron chi connectivity index (χ0n) is 12.9. The van der Waals surface area contributed by atoms with Crippen molar-refractivity contribution in [2.45, 2.75) is 44.9 Å². The fraction of sp³-hybridized carbons (Fsp3) is 0.556. The van der Waals surface area contributed by atoms with Crippen LogP contribution in [0.2, 0.25) is 5.02 Å². The third-order valence-electron chi connectivity index (χ3n) is 4.72. The van der Waals surface area contributed by atoms with Gasteiger partial charge in [-0.3, -0.25) is 14.7 Å². The Hall–Kier alpha value is -1.35. The van der Waals surface area contributed by atoms with Crippen LogP contribution in [-0.4, -0.2) is 29.7 Å². The molecule has 1 aliphatic carbocycles. The van der Waals surface area contributed by atoms with Crippen molar-refractivity contribution >= 4 is 23.3 Å². The fourth-order valence-corrected chi connectivity index (χ4v) is 3.69. The molecule has 1 aliphatic heterocycles. The summed E-state index contributed by atoms with van der Waals surface area (Å²) in [5.74, 6) is 1.74. The van der Waals surface area contributed by atoms with Crippen LogP contribution in [0, 0.1) is 5.92 Å². The summed E-state index contributed by atoms with van der Waals surface area (Å²) in [4.78, 5) is 18.9. The van der Waals surface area contributed by atoms with Gasteiger partial charge in [0.2, 0.25) is 5.91 Å². The predicted molar refractivity (Wildman–Crippen MR) is 90.4 cm³/mol. The second-order valence-electron chi connectivity index (χ2n) is 6.30. The Bertz CT molecular complexity index is 564. The van der Waals surface area contributed by atoms with Crippen molar-refractivity contribution in [3.8, 4) is 0 Å². The number of benzene rings is 1. The molecule has 22 heavy (non-hydrogen) atoms. The quantitative estimate of drug-likeness (QED) is 0.815. The van der Waals surface area contributed by atoms with Gasteiger partial charge in [-0.05, 0) is 24.5 Å². The minimum atomic E-state index is 0.210. The monoisotopic (exact) mass is 318 g/mol. The molecule has 0 bridgehead atoms. The number of carbonyl (C=O) groups excluding carboxylic acids is 1. The van der Waals surface area contributed by atoms with E-state index in [1.54, 1.807) is 0 Å². The molecule has 0 unspecified atom stereocenters. The van der Waals surface area contributed by atoms with Gasteiger partial charge in [-0.2, -0.15) is 0 Å². The Labute approximate surface area is 137 Å². The fourth-order valence-electron chi connectivity index (χ4n) is 3.50. The Morgan fingerprint density at radius 1 is 1.27 bits per heavy atom. The lowest BCUT2D eigenvalue weighted by Gasteiger charge is -2.23. The summed E-state index contributed by atoms with van der Waals surface area (Å²) in [5, 5.41) is 0.682. The van der Waals surface area contributed by atoms with Crippen molar-refractivity contribution in [2.24, 2.45) is 10.9 Å². The van der Waals surface area contributed by atoms with E-state index < -0.39 is 0 Å². The summed E-state index contributed by atoms with van der Waals surface area (Å²) in [6.45, 7) is 1.39. The molecule has 2 aliphatic rings. The van der Waals surface area contributed by atoms with Gasteiger partial charge in [-0.25, -0.2) is 0 Å². The largest absolute Gasteiger partial charge is 0.295 e. The topological polar surface area (TPSA) is 32.7 Å². The first kappa shape index (κ1) is 15.5. The van der Waals surface area contributed by atoms with Crippen LogP contribution in [0.1, 0.15) is 50.5 Å². The number of hydrogen-bond donors (Lipinski definition) is 0. The van der Waals surface area contributed by atoms with Gasteiger partial charge in [0.25, 0.3) is 0 Å². The maximum absolute atomic E-state index is 12.6. The van der Waals surface area contributed by atoms with Crippen molar-refractivity contribution in [3.05, 3.63) is 34.9 Å². The van der Waals surface area contributed by atoms with E-state index in [1.807, 2.05) is 29.2 Å². The van der Waals surface area contributed by atoms with Gasteiger partial charge >= 0.3 is 0 Å². The van der Waals surface area contributed by atoms with E-state index >= 15 is 0 Å². The summed E-state index contributed by atoms with van der Waals surface area (Å²) >= 11 is 6.05. The molecular formula is C18H23ClN2O. The number of nitrogens with zero attached hydrogens (tertiary/aromatic N) is 2. The average molecular weight is 319 g/mol. The smallest absolute Gasteiger partial charge is 0.228 e. The molecular weight excluding hydrogens is 296 g/mol. The second kappa shape index (κ2) is 7.28. The molecule has 4 heteroatoms. The molecule has 0 radical (unpaired) electrons. The molecule has 1 heterocycles. The maximum Gasteiger partial charge on any atom is 0.228 e. The maximum atomic E-state index is 12.6. The van der Waals surface area contributed by atoms with E-state index in [-0.39, 0.29) is 5.91 Å². The Kier molecular flexibility index (Phi) is 5.14. The minimum Gasteiger partial charge on any atom is -0.295 e. The molecule has 0 spiro atoms. The van der Waals surface area contributed by atoms with E-state index in [2.05, 4.69) is 4.99 Å². The molecule has 1 aromatic rings. The molecule has 0 saturated heterocycles. The Morgan fingerprint density at radius 2 is 2.09 bits per heavy atom. The van der Waals surface area contributed by atoms with Gasteiger partial charge in [0.05, 0.1) is 6.54 Å². The normalized spacial score (nSPS) is 19.3. The third-order valence-corrected chi connectivity index (χ3v) is 4.95. The van der Waals surface area contributed by atoms with Crippen molar-refractivity contribution in [2.75, 3.05) is 13.1 Å². The number of aliphatic imine (C=N–C) groups is 1. The molecule has 0 N–H and O–H groups in total. The van der Waals surface area contributed by atoms with E-state index in [0.29, 0.717) is 24.5 Å². The molecule has 1 saturated carbocycles. The standard InChI is InChI=1S/C18H23ClN2O/c19-16-8-4-7-15(13-16)18-20-11-12-21(18)17(22)10-9-14-5-2-1-3-6-14/h4,7-8,13-14H,1-3,5-6,9-12H2. The van der Waals surface area contributed by atoms with Gasteiger partial charge in [0.1, 0.15) is 5.84 Å². The molecule has 1 amide bonds. The summed E-state index contributed by atoms with van der Waals surface area (Å²) in [6, 6.07) is 7.60. The van der Waals surface area contributed by atoms with Crippen molar-refractivity contribution in [1.82, 2.24) is 4.90 Å².